The Labute approximate surface area is 236 Å². The van der Waals surface area contributed by atoms with Gasteiger partial charge in [0.15, 0.2) is 0 Å². The quantitative estimate of drug-likeness (QED) is 0.219. The van der Waals surface area contributed by atoms with Gasteiger partial charge in [-0.25, -0.2) is 4.79 Å². The van der Waals surface area contributed by atoms with E-state index in [9.17, 15) is 24.0 Å². The summed E-state index contributed by atoms with van der Waals surface area (Å²) in [6.45, 7) is 1.86. The van der Waals surface area contributed by atoms with Crippen molar-refractivity contribution in [1.29, 1.82) is 0 Å². The van der Waals surface area contributed by atoms with Crippen molar-refractivity contribution in [1.82, 2.24) is 4.90 Å². The molecule has 1 aliphatic heterocycles. The van der Waals surface area contributed by atoms with Crippen LogP contribution in [0.15, 0.2) is 66.7 Å². The molecule has 0 atom stereocenters. The first-order chi connectivity index (χ1) is 19.8. The predicted octanol–water partition coefficient (Wildman–Crippen LogP) is 5.66. The number of carbonyl (C=O) groups is 5. The first-order valence-electron chi connectivity index (χ1n) is 13.5. The topological polar surface area (TPSA) is 131 Å². The lowest BCUT2D eigenvalue weighted by molar-refractivity contribution is 0.0548. The SMILES string of the molecule is CCOC(=O)Oc1ccc(C(=O)Nc2ccc(NC(=O)c3ccc4c(c3)C(=O)N(C3CCCCC3)C4=O)cc2)cc1. The fraction of sp³-hybridized carbons (Fsp3) is 0.258. The van der Waals surface area contributed by atoms with Gasteiger partial charge < -0.3 is 20.1 Å². The molecule has 2 aliphatic rings. The lowest BCUT2D eigenvalue weighted by Gasteiger charge is -2.29. The summed E-state index contributed by atoms with van der Waals surface area (Å²) in [5, 5.41) is 5.54. The summed E-state index contributed by atoms with van der Waals surface area (Å²) < 4.78 is 9.70. The molecule has 3 aromatic carbocycles. The highest BCUT2D eigenvalue weighted by Crippen LogP contribution is 2.31. The molecule has 41 heavy (non-hydrogen) atoms. The first-order valence-corrected chi connectivity index (χ1v) is 13.5. The fourth-order valence-electron chi connectivity index (χ4n) is 5.03. The van der Waals surface area contributed by atoms with Crippen LogP contribution >= 0.6 is 0 Å². The van der Waals surface area contributed by atoms with E-state index < -0.39 is 12.1 Å². The Balaban J connectivity index is 1.19. The van der Waals surface area contributed by atoms with Crippen LogP contribution in [0.3, 0.4) is 0 Å². The maximum Gasteiger partial charge on any atom is 0.513 e. The predicted molar refractivity (Wildman–Crippen MR) is 150 cm³/mol. The zero-order valence-corrected chi connectivity index (χ0v) is 22.5. The molecule has 10 heteroatoms. The molecule has 0 spiro atoms. The Hall–Kier alpha value is -4.99. The summed E-state index contributed by atoms with van der Waals surface area (Å²) in [5.74, 6) is -1.17. The van der Waals surface area contributed by atoms with Crippen LogP contribution in [0, 0.1) is 0 Å². The molecule has 5 rings (SSSR count). The number of hydrogen-bond acceptors (Lipinski definition) is 7. The molecule has 2 N–H and O–H groups in total. The molecule has 10 nitrogen and oxygen atoms in total. The van der Waals surface area contributed by atoms with Gasteiger partial charge in [0.05, 0.1) is 17.7 Å². The third-order valence-electron chi connectivity index (χ3n) is 7.10. The van der Waals surface area contributed by atoms with E-state index in [1.807, 2.05) is 0 Å². The molecule has 0 unspecified atom stereocenters. The standard InChI is InChI=1S/C31H29N3O7/c1-2-40-31(39)41-24-15-8-19(9-16-24)27(35)32-21-11-13-22(14-12-21)33-28(36)20-10-17-25-26(18-20)30(38)34(29(25)37)23-6-4-3-5-7-23/h8-18,23H,2-7H2,1H3,(H,32,35)(H,33,36). The molecule has 1 aliphatic carbocycles. The average Bonchev–Trinajstić information content (AvgIpc) is 3.23. The van der Waals surface area contributed by atoms with Gasteiger partial charge in [0.1, 0.15) is 5.75 Å². The van der Waals surface area contributed by atoms with Gasteiger partial charge in [-0.15, -0.1) is 0 Å². The van der Waals surface area contributed by atoms with Crippen molar-refractivity contribution >= 4 is 41.2 Å². The minimum absolute atomic E-state index is 0.0860. The van der Waals surface area contributed by atoms with E-state index in [0.29, 0.717) is 22.5 Å². The lowest BCUT2D eigenvalue weighted by Crippen LogP contribution is -2.40. The Kier molecular flexibility index (Phi) is 8.09. The zero-order chi connectivity index (χ0) is 28.9. The summed E-state index contributed by atoms with van der Waals surface area (Å²) in [7, 11) is 0. The number of carbonyl (C=O) groups excluding carboxylic acids is 5. The highest BCUT2D eigenvalue weighted by atomic mass is 16.7. The van der Waals surface area contributed by atoms with E-state index in [1.165, 1.54) is 35.2 Å². The van der Waals surface area contributed by atoms with Crippen LogP contribution in [-0.2, 0) is 4.74 Å². The smallest absolute Gasteiger partial charge is 0.434 e. The van der Waals surface area contributed by atoms with Gasteiger partial charge in [-0.05, 0) is 86.5 Å². The number of nitrogens with zero attached hydrogens (tertiary/aromatic N) is 1. The number of fused-ring (bicyclic) bond motifs is 1. The molecule has 3 aromatic rings. The van der Waals surface area contributed by atoms with Crippen LogP contribution in [0.4, 0.5) is 16.2 Å². The normalized spacial score (nSPS) is 14.8. The molecule has 0 radical (unpaired) electrons. The maximum absolute atomic E-state index is 13.1. The van der Waals surface area contributed by atoms with Crippen molar-refractivity contribution in [3.8, 4) is 5.75 Å². The van der Waals surface area contributed by atoms with Gasteiger partial charge >= 0.3 is 6.16 Å². The maximum atomic E-state index is 13.1. The second-order valence-electron chi connectivity index (χ2n) is 9.83. The third-order valence-corrected chi connectivity index (χ3v) is 7.10. The van der Waals surface area contributed by atoms with Crippen molar-refractivity contribution in [2.75, 3.05) is 17.2 Å². The number of hydrogen-bond donors (Lipinski definition) is 2. The first kappa shape index (κ1) is 27.6. The van der Waals surface area contributed by atoms with E-state index in [2.05, 4.69) is 10.6 Å². The third kappa shape index (κ3) is 6.11. The van der Waals surface area contributed by atoms with Gasteiger partial charge in [0, 0.05) is 28.5 Å². The molecular formula is C31H29N3O7. The van der Waals surface area contributed by atoms with Crippen LogP contribution < -0.4 is 15.4 Å². The number of benzene rings is 3. The molecule has 0 aromatic heterocycles. The number of amides is 4. The Morgan fingerprint density at radius 1 is 0.756 bits per heavy atom. The van der Waals surface area contributed by atoms with E-state index in [-0.39, 0.29) is 47.2 Å². The molecule has 1 fully saturated rings. The number of ether oxygens (including phenoxy) is 2. The molecule has 4 amide bonds. The summed E-state index contributed by atoms with van der Waals surface area (Å²) >= 11 is 0. The fourth-order valence-corrected chi connectivity index (χ4v) is 5.03. The van der Waals surface area contributed by atoms with Gasteiger partial charge in [-0.2, -0.15) is 0 Å². The molecule has 210 valence electrons. The van der Waals surface area contributed by atoms with Crippen molar-refractivity contribution in [3.05, 3.63) is 89.0 Å². The summed E-state index contributed by atoms with van der Waals surface area (Å²) in [6, 6.07) is 17.0. The van der Waals surface area contributed by atoms with Crippen molar-refractivity contribution in [3.63, 3.8) is 0 Å². The van der Waals surface area contributed by atoms with Crippen molar-refractivity contribution in [2.45, 2.75) is 45.1 Å². The molecule has 1 heterocycles. The summed E-state index contributed by atoms with van der Waals surface area (Å²) in [4.78, 5) is 64.3. The molecular weight excluding hydrogens is 526 g/mol. The summed E-state index contributed by atoms with van der Waals surface area (Å²) in [5.41, 5.74) is 2.20. The summed E-state index contributed by atoms with van der Waals surface area (Å²) in [6.07, 6.45) is 3.91. The largest absolute Gasteiger partial charge is 0.513 e. The van der Waals surface area contributed by atoms with Crippen molar-refractivity contribution < 1.29 is 33.4 Å². The number of anilines is 2. The molecule has 0 bridgehead atoms. The van der Waals surface area contributed by atoms with Crippen molar-refractivity contribution in [2.24, 2.45) is 0 Å². The minimum atomic E-state index is -0.821. The number of nitrogens with one attached hydrogen (secondary N) is 2. The Morgan fingerprint density at radius 3 is 1.93 bits per heavy atom. The lowest BCUT2D eigenvalue weighted by atomic mass is 9.94. The van der Waals surface area contributed by atoms with Crippen LogP contribution in [0.5, 0.6) is 5.75 Å². The second kappa shape index (κ2) is 12.0. The Bertz CT molecular complexity index is 1490. The second-order valence-corrected chi connectivity index (χ2v) is 9.83. The minimum Gasteiger partial charge on any atom is -0.434 e. The van der Waals surface area contributed by atoms with Gasteiger partial charge in [-0.1, -0.05) is 19.3 Å². The molecule has 1 saturated carbocycles. The Morgan fingerprint density at radius 2 is 1.32 bits per heavy atom. The zero-order valence-electron chi connectivity index (χ0n) is 22.5. The van der Waals surface area contributed by atoms with Gasteiger partial charge in [-0.3, -0.25) is 24.1 Å². The van der Waals surface area contributed by atoms with Gasteiger partial charge in [0.25, 0.3) is 23.6 Å². The van der Waals surface area contributed by atoms with Crippen LogP contribution in [0.1, 0.15) is 80.5 Å². The van der Waals surface area contributed by atoms with Crippen LogP contribution in [0.25, 0.3) is 0 Å². The molecule has 0 saturated heterocycles. The number of rotatable bonds is 7. The van der Waals surface area contributed by atoms with Gasteiger partial charge in [0.2, 0.25) is 0 Å². The van der Waals surface area contributed by atoms with Crippen LogP contribution in [-0.4, -0.2) is 47.3 Å². The van der Waals surface area contributed by atoms with E-state index in [0.717, 1.165) is 32.1 Å². The van der Waals surface area contributed by atoms with E-state index in [1.54, 1.807) is 43.3 Å². The van der Waals surface area contributed by atoms with E-state index >= 15 is 0 Å². The monoisotopic (exact) mass is 555 g/mol. The van der Waals surface area contributed by atoms with Crippen LogP contribution in [0.2, 0.25) is 0 Å². The highest BCUT2D eigenvalue weighted by molar-refractivity contribution is 6.22. The highest BCUT2D eigenvalue weighted by Gasteiger charge is 2.40. The number of imide groups is 1. The van der Waals surface area contributed by atoms with E-state index in [4.69, 9.17) is 9.47 Å². The average molecular weight is 556 g/mol.